The molecule has 0 radical (unpaired) electrons. The van der Waals surface area contributed by atoms with Crippen LogP contribution in [0.4, 0.5) is 27.1 Å². The smallest absolute Gasteiger partial charge is 0.159 e. The molecule has 4 aromatic carbocycles. The molecule has 0 fully saturated rings. The minimum atomic E-state index is -0.292. The van der Waals surface area contributed by atoms with E-state index in [0.717, 1.165) is 44.7 Å². The summed E-state index contributed by atoms with van der Waals surface area (Å²) in [4.78, 5) is 4.68. The van der Waals surface area contributed by atoms with E-state index in [9.17, 15) is 4.39 Å². The summed E-state index contributed by atoms with van der Waals surface area (Å²) < 4.78 is 20.1. The van der Waals surface area contributed by atoms with E-state index in [1.807, 2.05) is 6.07 Å². The van der Waals surface area contributed by atoms with E-state index in [1.165, 1.54) is 12.1 Å². The molecule has 6 rings (SSSR count). The number of hydrogen-bond acceptors (Lipinski definition) is 3. The van der Waals surface area contributed by atoms with Crippen molar-refractivity contribution in [1.29, 1.82) is 0 Å². The van der Waals surface area contributed by atoms with Crippen molar-refractivity contribution in [3.05, 3.63) is 96.3 Å². The molecular formula is C27H21FN2O. The number of aryl methyl sites for hydroxylation is 1. The predicted molar refractivity (Wildman–Crippen MR) is 125 cm³/mol. The van der Waals surface area contributed by atoms with Crippen LogP contribution in [-0.4, -0.2) is 6.17 Å². The average Bonchev–Trinajstić information content (AvgIpc) is 3.28. The molecule has 0 spiro atoms. The molecule has 0 unspecified atom stereocenters. The van der Waals surface area contributed by atoms with Crippen LogP contribution in [-0.2, 0) is 0 Å². The van der Waals surface area contributed by atoms with Crippen molar-refractivity contribution in [3.8, 4) is 0 Å². The molecule has 31 heavy (non-hydrogen) atoms. The molecule has 0 amide bonds. The lowest BCUT2D eigenvalue weighted by molar-refractivity contribution is 0.617. The standard InChI is InChI=1S/C27H21FN2O/c1-17-12-14-22-21-15-13-19(28)16-25(21)31-27(22)26(17)30-18(2)29(20-8-4-3-5-9-20)23-10-6-7-11-24(23)30/h3-16,18H,1-2H3/t18-/m0/s1. The highest BCUT2D eigenvalue weighted by Crippen LogP contribution is 2.50. The quantitative estimate of drug-likeness (QED) is 0.299. The number of fused-ring (bicyclic) bond motifs is 4. The fraction of sp³-hybridized carbons (Fsp3) is 0.111. The Bertz CT molecular complexity index is 1440. The minimum absolute atomic E-state index is 0.0362. The topological polar surface area (TPSA) is 19.6 Å². The van der Waals surface area contributed by atoms with Crippen LogP contribution in [0.25, 0.3) is 21.9 Å². The van der Waals surface area contributed by atoms with Crippen LogP contribution >= 0.6 is 0 Å². The molecule has 1 aliphatic heterocycles. The number of rotatable bonds is 2. The Hall–Kier alpha value is -3.79. The van der Waals surface area contributed by atoms with Gasteiger partial charge in [-0.3, -0.25) is 0 Å². The number of para-hydroxylation sites is 3. The number of halogens is 1. The van der Waals surface area contributed by atoms with Crippen LogP contribution in [0.5, 0.6) is 0 Å². The molecular weight excluding hydrogens is 387 g/mol. The third-order valence-electron chi connectivity index (χ3n) is 6.20. The maximum absolute atomic E-state index is 13.9. The molecule has 1 aromatic heterocycles. The Morgan fingerprint density at radius 3 is 2.23 bits per heavy atom. The van der Waals surface area contributed by atoms with E-state index in [-0.39, 0.29) is 12.0 Å². The lowest BCUT2D eigenvalue weighted by Gasteiger charge is -2.31. The highest BCUT2D eigenvalue weighted by molar-refractivity contribution is 6.11. The maximum Gasteiger partial charge on any atom is 0.159 e. The van der Waals surface area contributed by atoms with Crippen molar-refractivity contribution in [2.75, 3.05) is 9.80 Å². The lowest BCUT2D eigenvalue weighted by Crippen LogP contribution is -2.35. The van der Waals surface area contributed by atoms with Crippen LogP contribution in [0, 0.1) is 12.7 Å². The van der Waals surface area contributed by atoms with Crippen molar-refractivity contribution in [2.24, 2.45) is 0 Å². The van der Waals surface area contributed by atoms with Crippen molar-refractivity contribution in [1.82, 2.24) is 0 Å². The van der Waals surface area contributed by atoms with Gasteiger partial charge in [-0.05, 0) is 55.8 Å². The third kappa shape index (κ3) is 2.58. The van der Waals surface area contributed by atoms with Crippen LogP contribution in [0.3, 0.4) is 0 Å². The molecule has 0 N–H and O–H groups in total. The SMILES string of the molecule is Cc1ccc2c(oc3cc(F)ccc32)c1N1c2ccccc2N(c2ccccc2)[C@@H]1C. The van der Waals surface area contributed by atoms with Gasteiger partial charge >= 0.3 is 0 Å². The van der Waals surface area contributed by atoms with Gasteiger partial charge in [-0.2, -0.15) is 0 Å². The van der Waals surface area contributed by atoms with Crippen LogP contribution < -0.4 is 9.80 Å². The monoisotopic (exact) mass is 408 g/mol. The van der Waals surface area contributed by atoms with E-state index in [0.29, 0.717) is 5.58 Å². The Kier molecular flexibility index (Phi) is 3.84. The summed E-state index contributed by atoms with van der Waals surface area (Å²) in [6, 6.07) is 27.8. The molecule has 0 saturated heterocycles. The summed E-state index contributed by atoms with van der Waals surface area (Å²) >= 11 is 0. The molecule has 2 heterocycles. The van der Waals surface area contributed by atoms with Crippen LogP contribution in [0.2, 0.25) is 0 Å². The van der Waals surface area contributed by atoms with Gasteiger partial charge in [0.1, 0.15) is 17.6 Å². The zero-order valence-corrected chi connectivity index (χ0v) is 17.3. The molecule has 0 aliphatic carbocycles. The third-order valence-corrected chi connectivity index (χ3v) is 6.20. The van der Waals surface area contributed by atoms with E-state index >= 15 is 0 Å². The van der Waals surface area contributed by atoms with Crippen LogP contribution in [0.1, 0.15) is 12.5 Å². The second kappa shape index (κ2) is 6.61. The average molecular weight is 408 g/mol. The van der Waals surface area contributed by atoms with Crippen LogP contribution in [0.15, 0.2) is 89.3 Å². The summed E-state index contributed by atoms with van der Waals surface area (Å²) in [7, 11) is 0. The Morgan fingerprint density at radius 2 is 1.45 bits per heavy atom. The molecule has 1 atom stereocenters. The second-order valence-corrected chi connectivity index (χ2v) is 8.05. The number of hydrogen-bond donors (Lipinski definition) is 0. The first-order valence-electron chi connectivity index (χ1n) is 10.5. The van der Waals surface area contributed by atoms with Gasteiger partial charge < -0.3 is 14.2 Å². The van der Waals surface area contributed by atoms with Gasteiger partial charge in [0.2, 0.25) is 0 Å². The summed E-state index contributed by atoms with van der Waals surface area (Å²) in [5, 5.41) is 1.93. The molecule has 4 heteroatoms. The number of anilines is 4. The first-order valence-corrected chi connectivity index (χ1v) is 10.5. The van der Waals surface area contributed by atoms with Gasteiger partial charge in [-0.15, -0.1) is 0 Å². The second-order valence-electron chi connectivity index (χ2n) is 8.05. The highest BCUT2D eigenvalue weighted by atomic mass is 19.1. The number of furan rings is 1. The Balaban J connectivity index is 1.62. The minimum Gasteiger partial charge on any atom is -0.454 e. The van der Waals surface area contributed by atoms with Crippen molar-refractivity contribution < 1.29 is 8.81 Å². The Labute approximate surface area is 179 Å². The van der Waals surface area contributed by atoms with Gasteiger partial charge in [-0.1, -0.05) is 42.5 Å². The van der Waals surface area contributed by atoms with E-state index in [2.05, 4.69) is 84.3 Å². The van der Waals surface area contributed by atoms with Crippen molar-refractivity contribution in [2.45, 2.75) is 20.0 Å². The molecule has 0 saturated carbocycles. The fourth-order valence-electron chi connectivity index (χ4n) is 4.84. The molecule has 0 bridgehead atoms. The largest absolute Gasteiger partial charge is 0.454 e. The molecule has 1 aliphatic rings. The zero-order valence-electron chi connectivity index (χ0n) is 17.3. The summed E-state index contributed by atoms with van der Waals surface area (Å²) in [5.74, 6) is -0.292. The normalized spacial score (nSPS) is 15.8. The van der Waals surface area contributed by atoms with E-state index in [4.69, 9.17) is 4.42 Å². The predicted octanol–water partition coefficient (Wildman–Crippen LogP) is 7.67. The van der Waals surface area contributed by atoms with Gasteiger partial charge in [0.15, 0.2) is 5.58 Å². The maximum atomic E-state index is 13.9. The molecule has 5 aromatic rings. The summed E-state index contributed by atoms with van der Waals surface area (Å²) in [6.07, 6.45) is 0.0362. The van der Waals surface area contributed by atoms with Gasteiger partial charge in [0.25, 0.3) is 0 Å². The fourth-order valence-corrected chi connectivity index (χ4v) is 4.84. The highest BCUT2D eigenvalue weighted by Gasteiger charge is 2.36. The van der Waals surface area contributed by atoms with Gasteiger partial charge in [0.05, 0.1) is 17.1 Å². The summed E-state index contributed by atoms with van der Waals surface area (Å²) in [5.41, 5.74) is 6.91. The van der Waals surface area contributed by atoms with Gasteiger partial charge in [0, 0.05) is 22.5 Å². The molecule has 3 nitrogen and oxygen atoms in total. The zero-order chi connectivity index (χ0) is 21.1. The number of benzene rings is 4. The van der Waals surface area contributed by atoms with E-state index < -0.39 is 0 Å². The lowest BCUT2D eigenvalue weighted by atomic mass is 10.1. The van der Waals surface area contributed by atoms with Gasteiger partial charge in [-0.25, -0.2) is 4.39 Å². The van der Waals surface area contributed by atoms with Crippen molar-refractivity contribution >= 4 is 44.7 Å². The molecule has 152 valence electrons. The van der Waals surface area contributed by atoms with Crippen molar-refractivity contribution in [3.63, 3.8) is 0 Å². The number of nitrogens with zero attached hydrogens (tertiary/aromatic N) is 2. The first kappa shape index (κ1) is 18.0. The van der Waals surface area contributed by atoms with E-state index in [1.54, 1.807) is 6.07 Å². The summed E-state index contributed by atoms with van der Waals surface area (Å²) in [6.45, 7) is 4.30. The Morgan fingerprint density at radius 1 is 0.774 bits per heavy atom. The first-order chi connectivity index (χ1) is 15.1.